The molecule has 3 rings (SSSR count). The summed E-state index contributed by atoms with van der Waals surface area (Å²) in [5, 5.41) is 10.1. The van der Waals surface area contributed by atoms with Gasteiger partial charge in [-0.05, 0) is 35.2 Å². The predicted molar refractivity (Wildman–Crippen MR) is 76.5 cm³/mol. The van der Waals surface area contributed by atoms with Gasteiger partial charge in [-0.25, -0.2) is 8.78 Å². The van der Waals surface area contributed by atoms with E-state index in [1.165, 1.54) is 23.3 Å². The summed E-state index contributed by atoms with van der Waals surface area (Å²) in [6.45, 7) is 2.41. The molecule has 0 spiro atoms. The van der Waals surface area contributed by atoms with E-state index in [1.54, 1.807) is 0 Å². The van der Waals surface area contributed by atoms with Gasteiger partial charge in [0.1, 0.15) is 11.6 Å². The van der Waals surface area contributed by atoms with E-state index in [0.717, 1.165) is 19.2 Å². The average Bonchev–Trinajstić information content (AvgIpc) is 2.86. The monoisotopic (exact) mass is 289 g/mol. The Morgan fingerprint density at radius 2 is 1.57 bits per heavy atom. The topological polar surface area (TPSA) is 23.5 Å². The van der Waals surface area contributed by atoms with Crippen molar-refractivity contribution in [2.45, 2.75) is 25.6 Å². The lowest BCUT2D eigenvalue weighted by atomic mass is 10.1. The first-order valence-electron chi connectivity index (χ1n) is 7.05. The second-order valence-corrected chi connectivity index (χ2v) is 5.49. The van der Waals surface area contributed by atoms with Crippen molar-refractivity contribution in [3.05, 3.63) is 70.8 Å². The SMILES string of the molecule is OC(CCN1Cc2ccccc2C1)c1cc(F)cc(F)c1. The molecule has 110 valence electrons. The molecular formula is C17H17F2NO. The number of halogens is 2. The van der Waals surface area contributed by atoms with E-state index < -0.39 is 17.7 Å². The lowest BCUT2D eigenvalue weighted by molar-refractivity contribution is 0.141. The number of fused-ring (bicyclic) bond motifs is 1. The summed E-state index contributed by atoms with van der Waals surface area (Å²) in [5.74, 6) is -1.31. The third kappa shape index (κ3) is 3.28. The Balaban J connectivity index is 1.59. The Morgan fingerprint density at radius 3 is 2.14 bits per heavy atom. The Kier molecular flexibility index (Phi) is 3.99. The van der Waals surface area contributed by atoms with E-state index in [-0.39, 0.29) is 0 Å². The second kappa shape index (κ2) is 5.92. The highest BCUT2D eigenvalue weighted by Gasteiger charge is 2.19. The highest BCUT2D eigenvalue weighted by molar-refractivity contribution is 5.30. The van der Waals surface area contributed by atoms with Crippen LogP contribution in [0.1, 0.15) is 29.2 Å². The largest absolute Gasteiger partial charge is 0.388 e. The summed E-state index contributed by atoms with van der Waals surface area (Å²) < 4.78 is 26.3. The number of aliphatic hydroxyl groups is 1. The van der Waals surface area contributed by atoms with Crippen LogP contribution < -0.4 is 0 Å². The molecule has 0 aromatic heterocycles. The molecule has 0 bridgehead atoms. The standard InChI is InChI=1S/C17H17F2NO/c18-15-7-14(8-16(19)9-15)17(21)5-6-20-10-12-3-1-2-4-13(12)11-20/h1-4,7-9,17,21H,5-6,10-11H2. The molecule has 21 heavy (non-hydrogen) atoms. The number of aliphatic hydroxyl groups excluding tert-OH is 1. The highest BCUT2D eigenvalue weighted by atomic mass is 19.1. The number of nitrogens with zero attached hydrogens (tertiary/aromatic N) is 1. The lowest BCUT2D eigenvalue weighted by Gasteiger charge is -2.18. The Bertz CT molecular complexity index is 599. The molecule has 0 radical (unpaired) electrons. The van der Waals surface area contributed by atoms with E-state index in [0.29, 0.717) is 18.5 Å². The molecule has 4 heteroatoms. The first-order chi connectivity index (χ1) is 10.1. The number of hydrogen-bond donors (Lipinski definition) is 1. The molecule has 2 aromatic carbocycles. The molecule has 1 unspecified atom stereocenters. The van der Waals surface area contributed by atoms with Crippen molar-refractivity contribution >= 4 is 0 Å². The van der Waals surface area contributed by atoms with Crippen LogP contribution in [0.2, 0.25) is 0 Å². The molecule has 2 nitrogen and oxygen atoms in total. The van der Waals surface area contributed by atoms with Crippen molar-refractivity contribution < 1.29 is 13.9 Å². The van der Waals surface area contributed by atoms with Crippen LogP contribution in [-0.2, 0) is 13.1 Å². The minimum atomic E-state index is -0.848. The molecule has 1 atom stereocenters. The average molecular weight is 289 g/mol. The maximum atomic E-state index is 13.1. The zero-order valence-electron chi connectivity index (χ0n) is 11.6. The Labute approximate surface area is 122 Å². The van der Waals surface area contributed by atoms with Crippen LogP contribution in [0.5, 0.6) is 0 Å². The van der Waals surface area contributed by atoms with Crippen LogP contribution in [-0.4, -0.2) is 16.6 Å². The molecule has 0 fully saturated rings. The molecule has 0 saturated heterocycles. The predicted octanol–water partition coefficient (Wildman–Crippen LogP) is 3.40. The summed E-state index contributed by atoms with van der Waals surface area (Å²) >= 11 is 0. The number of hydrogen-bond acceptors (Lipinski definition) is 2. The van der Waals surface area contributed by atoms with E-state index in [1.807, 2.05) is 12.1 Å². The van der Waals surface area contributed by atoms with Crippen molar-refractivity contribution in [2.24, 2.45) is 0 Å². The lowest BCUT2D eigenvalue weighted by Crippen LogP contribution is -2.19. The smallest absolute Gasteiger partial charge is 0.126 e. The zero-order chi connectivity index (χ0) is 14.8. The van der Waals surface area contributed by atoms with Crippen molar-refractivity contribution in [2.75, 3.05) is 6.54 Å². The first kappa shape index (κ1) is 14.2. The summed E-state index contributed by atoms with van der Waals surface area (Å²) in [5.41, 5.74) is 2.91. The maximum absolute atomic E-state index is 13.1. The molecule has 1 aliphatic heterocycles. The van der Waals surface area contributed by atoms with Crippen LogP contribution in [0.15, 0.2) is 42.5 Å². The molecule has 2 aromatic rings. The fourth-order valence-electron chi connectivity index (χ4n) is 2.80. The molecular weight excluding hydrogens is 272 g/mol. The van der Waals surface area contributed by atoms with Crippen LogP contribution in [0.3, 0.4) is 0 Å². The number of benzene rings is 2. The first-order valence-corrected chi connectivity index (χ1v) is 7.05. The van der Waals surface area contributed by atoms with Crippen molar-refractivity contribution in [1.82, 2.24) is 4.90 Å². The molecule has 1 heterocycles. The van der Waals surface area contributed by atoms with Gasteiger partial charge >= 0.3 is 0 Å². The van der Waals surface area contributed by atoms with Gasteiger partial charge in [-0.1, -0.05) is 24.3 Å². The highest BCUT2D eigenvalue weighted by Crippen LogP contribution is 2.25. The zero-order valence-corrected chi connectivity index (χ0v) is 11.6. The van der Waals surface area contributed by atoms with E-state index in [2.05, 4.69) is 17.0 Å². The third-order valence-electron chi connectivity index (χ3n) is 3.89. The van der Waals surface area contributed by atoms with Crippen molar-refractivity contribution in [3.63, 3.8) is 0 Å². The summed E-state index contributed by atoms with van der Waals surface area (Å²) in [7, 11) is 0. The Morgan fingerprint density at radius 1 is 1.00 bits per heavy atom. The van der Waals surface area contributed by atoms with E-state index in [9.17, 15) is 13.9 Å². The van der Waals surface area contributed by atoms with Crippen molar-refractivity contribution in [1.29, 1.82) is 0 Å². The van der Waals surface area contributed by atoms with Crippen LogP contribution in [0, 0.1) is 11.6 Å². The van der Waals surface area contributed by atoms with Gasteiger partial charge in [-0.2, -0.15) is 0 Å². The minimum Gasteiger partial charge on any atom is -0.388 e. The molecule has 1 N–H and O–H groups in total. The normalized spacial score (nSPS) is 16.0. The van der Waals surface area contributed by atoms with Gasteiger partial charge in [0.25, 0.3) is 0 Å². The van der Waals surface area contributed by atoms with Gasteiger partial charge in [-0.15, -0.1) is 0 Å². The summed E-state index contributed by atoms with van der Waals surface area (Å²) in [6, 6.07) is 11.4. The van der Waals surface area contributed by atoms with E-state index >= 15 is 0 Å². The van der Waals surface area contributed by atoms with Crippen LogP contribution in [0.25, 0.3) is 0 Å². The number of rotatable bonds is 4. The van der Waals surface area contributed by atoms with Crippen molar-refractivity contribution in [3.8, 4) is 0 Å². The van der Waals surface area contributed by atoms with Crippen LogP contribution in [0.4, 0.5) is 8.78 Å². The second-order valence-electron chi connectivity index (χ2n) is 5.49. The van der Waals surface area contributed by atoms with Gasteiger partial charge in [-0.3, -0.25) is 4.90 Å². The maximum Gasteiger partial charge on any atom is 0.126 e. The van der Waals surface area contributed by atoms with Gasteiger partial charge in [0, 0.05) is 25.7 Å². The van der Waals surface area contributed by atoms with Gasteiger partial charge < -0.3 is 5.11 Å². The third-order valence-corrected chi connectivity index (χ3v) is 3.89. The molecule has 0 saturated carbocycles. The Hall–Kier alpha value is -1.78. The molecule has 0 amide bonds. The summed E-state index contributed by atoms with van der Waals surface area (Å²) in [4.78, 5) is 2.23. The molecule has 1 aliphatic rings. The summed E-state index contributed by atoms with van der Waals surface area (Å²) in [6.07, 6.45) is -0.393. The quantitative estimate of drug-likeness (QED) is 0.932. The molecule has 0 aliphatic carbocycles. The minimum absolute atomic E-state index is 0.296. The fraction of sp³-hybridized carbons (Fsp3) is 0.294. The van der Waals surface area contributed by atoms with Gasteiger partial charge in [0.05, 0.1) is 6.10 Å². The van der Waals surface area contributed by atoms with E-state index in [4.69, 9.17) is 0 Å². The van der Waals surface area contributed by atoms with Crippen LogP contribution >= 0.6 is 0 Å². The van der Waals surface area contributed by atoms with Gasteiger partial charge in [0.2, 0.25) is 0 Å². The van der Waals surface area contributed by atoms with Gasteiger partial charge in [0.15, 0.2) is 0 Å². The fourth-order valence-corrected chi connectivity index (χ4v) is 2.80.